The number of hydrogen-bond acceptors (Lipinski definition) is 2. The first kappa shape index (κ1) is 13.8. The van der Waals surface area contributed by atoms with Crippen molar-refractivity contribution >= 4 is 0 Å². The van der Waals surface area contributed by atoms with Crippen molar-refractivity contribution < 1.29 is 13.9 Å². The van der Waals surface area contributed by atoms with Crippen LogP contribution >= 0.6 is 0 Å². The van der Waals surface area contributed by atoms with Crippen LogP contribution in [0.15, 0.2) is 0 Å². The van der Waals surface area contributed by atoms with Crippen LogP contribution in [0.5, 0.6) is 0 Å². The molecule has 0 saturated heterocycles. The van der Waals surface area contributed by atoms with Crippen LogP contribution in [-0.2, 0) is 0 Å². The molecular weight excluding hydrogens is 212 g/mol. The molecule has 3 unspecified atom stereocenters. The molecule has 1 rings (SSSR count). The summed E-state index contributed by atoms with van der Waals surface area (Å²) in [7, 11) is 1.75. The van der Waals surface area contributed by atoms with Crippen LogP contribution in [0.25, 0.3) is 0 Å². The number of nitrogens with zero attached hydrogens (tertiary/aromatic N) is 1. The molecule has 0 aromatic carbocycles. The predicted octanol–water partition coefficient (Wildman–Crippen LogP) is 2.51. The molecule has 0 amide bonds. The second kappa shape index (κ2) is 6.50. The summed E-state index contributed by atoms with van der Waals surface area (Å²) in [4.78, 5) is 1.73. The van der Waals surface area contributed by atoms with E-state index in [1.165, 1.54) is 0 Å². The van der Waals surface area contributed by atoms with E-state index < -0.39 is 6.43 Å². The third kappa shape index (κ3) is 3.98. The Morgan fingerprint density at radius 3 is 2.62 bits per heavy atom. The highest BCUT2D eigenvalue weighted by Gasteiger charge is 2.32. The number of rotatable bonds is 5. The Hall–Kier alpha value is -0.220. The van der Waals surface area contributed by atoms with Gasteiger partial charge in [0.05, 0.1) is 12.6 Å². The molecule has 16 heavy (non-hydrogen) atoms. The fourth-order valence-corrected chi connectivity index (χ4v) is 2.79. The normalized spacial score (nSPS) is 31.3. The number of hydrogen-bond donors (Lipinski definition) is 1. The fourth-order valence-electron chi connectivity index (χ4n) is 2.79. The number of aliphatic hydroxyl groups is 1. The van der Waals surface area contributed by atoms with E-state index in [1.807, 2.05) is 0 Å². The summed E-state index contributed by atoms with van der Waals surface area (Å²) < 4.78 is 24.7. The first-order valence-corrected chi connectivity index (χ1v) is 6.21. The van der Waals surface area contributed by atoms with Crippen LogP contribution in [0.2, 0.25) is 0 Å². The van der Waals surface area contributed by atoms with Gasteiger partial charge in [-0.25, -0.2) is 8.78 Å². The van der Waals surface area contributed by atoms with Crippen LogP contribution in [0.1, 0.15) is 39.0 Å². The van der Waals surface area contributed by atoms with Crippen LogP contribution in [0.3, 0.4) is 0 Å². The van der Waals surface area contributed by atoms with E-state index in [-0.39, 0.29) is 18.7 Å². The zero-order chi connectivity index (χ0) is 12.1. The van der Waals surface area contributed by atoms with Crippen molar-refractivity contribution in [1.29, 1.82) is 0 Å². The standard InChI is InChI=1S/C12H23F2NO/c1-3-4-9-5-6-10(16)7-11(9)15(2)8-12(13)14/h9-12,16H,3-8H2,1-2H3. The number of halogens is 2. The summed E-state index contributed by atoms with van der Waals surface area (Å²) in [6.07, 6.45) is 2.00. The van der Waals surface area contributed by atoms with Gasteiger partial charge in [0.25, 0.3) is 6.43 Å². The zero-order valence-electron chi connectivity index (χ0n) is 10.2. The minimum absolute atomic E-state index is 0.123. The van der Waals surface area contributed by atoms with Gasteiger partial charge in [-0.05, 0) is 38.6 Å². The third-order valence-corrected chi connectivity index (χ3v) is 3.58. The second-order valence-corrected chi connectivity index (χ2v) is 4.91. The van der Waals surface area contributed by atoms with Gasteiger partial charge in [0.1, 0.15) is 0 Å². The van der Waals surface area contributed by atoms with E-state index in [0.717, 1.165) is 25.7 Å². The molecule has 0 heterocycles. The highest BCUT2D eigenvalue weighted by atomic mass is 19.3. The first-order chi connectivity index (χ1) is 7.54. The number of alkyl halides is 2. The minimum Gasteiger partial charge on any atom is -0.393 e. The topological polar surface area (TPSA) is 23.5 Å². The van der Waals surface area contributed by atoms with E-state index in [1.54, 1.807) is 11.9 Å². The average Bonchev–Trinajstić information content (AvgIpc) is 2.20. The van der Waals surface area contributed by atoms with Crippen molar-refractivity contribution in [2.75, 3.05) is 13.6 Å². The number of aliphatic hydroxyl groups excluding tert-OH is 1. The Balaban J connectivity index is 2.55. The molecule has 0 spiro atoms. The highest BCUT2D eigenvalue weighted by Crippen LogP contribution is 2.31. The van der Waals surface area contributed by atoms with E-state index in [0.29, 0.717) is 12.3 Å². The average molecular weight is 235 g/mol. The fraction of sp³-hybridized carbons (Fsp3) is 1.00. The molecule has 0 aliphatic heterocycles. The smallest absolute Gasteiger partial charge is 0.251 e. The van der Waals surface area contributed by atoms with Gasteiger partial charge >= 0.3 is 0 Å². The highest BCUT2D eigenvalue weighted by molar-refractivity contribution is 4.85. The van der Waals surface area contributed by atoms with Crippen LogP contribution in [0.4, 0.5) is 8.78 Å². The molecule has 3 atom stereocenters. The summed E-state index contributed by atoms with van der Waals surface area (Å²) in [6, 6.07) is 0.123. The minimum atomic E-state index is -2.29. The largest absolute Gasteiger partial charge is 0.393 e. The maximum atomic E-state index is 12.3. The maximum absolute atomic E-state index is 12.3. The Labute approximate surface area is 96.6 Å². The lowest BCUT2D eigenvalue weighted by Crippen LogP contribution is -2.45. The summed E-state index contributed by atoms with van der Waals surface area (Å²) in [6.45, 7) is 1.94. The molecule has 2 nitrogen and oxygen atoms in total. The maximum Gasteiger partial charge on any atom is 0.251 e. The summed E-state index contributed by atoms with van der Waals surface area (Å²) in [5.74, 6) is 0.470. The quantitative estimate of drug-likeness (QED) is 0.791. The molecule has 1 saturated carbocycles. The second-order valence-electron chi connectivity index (χ2n) is 4.91. The molecule has 4 heteroatoms. The van der Waals surface area contributed by atoms with E-state index in [2.05, 4.69) is 6.92 Å². The van der Waals surface area contributed by atoms with Crippen molar-refractivity contribution in [1.82, 2.24) is 4.90 Å². The van der Waals surface area contributed by atoms with E-state index in [4.69, 9.17) is 0 Å². The summed E-state index contributed by atoms with van der Waals surface area (Å²) in [5, 5.41) is 9.63. The monoisotopic (exact) mass is 235 g/mol. The lowest BCUT2D eigenvalue weighted by Gasteiger charge is -2.39. The first-order valence-electron chi connectivity index (χ1n) is 6.21. The van der Waals surface area contributed by atoms with Crippen molar-refractivity contribution in [3.05, 3.63) is 0 Å². The van der Waals surface area contributed by atoms with Gasteiger partial charge < -0.3 is 5.11 Å². The summed E-state index contributed by atoms with van der Waals surface area (Å²) in [5.41, 5.74) is 0. The van der Waals surface area contributed by atoms with Crippen LogP contribution in [-0.4, -0.2) is 42.2 Å². The Kier molecular flexibility index (Phi) is 5.62. The van der Waals surface area contributed by atoms with Crippen molar-refractivity contribution in [2.24, 2.45) is 5.92 Å². The predicted molar refractivity (Wildman–Crippen MR) is 60.7 cm³/mol. The SMILES string of the molecule is CCCC1CCC(O)CC1N(C)CC(F)F. The van der Waals surface area contributed by atoms with Crippen LogP contribution in [0, 0.1) is 5.92 Å². The molecule has 0 bridgehead atoms. The van der Waals surface area contributed by atoms with Crippen LogP contribution < -0.4 is 0 Å². The Bertz CT molecular complexity index is 201. The summed E-state index contributed by atoms with van der Waals surface area (Å²) >= 11 is 0. The lowest BCUT2D eigenvalue weighted by molar-refractivity contribution is 0.00777. The molecule has 1 aliphatic carbocycles. The van der Waals surface area contributed by atoms with Gasteiger partial charge in [0.15, 0.2) is 0 Å². The lowest BCUT2D eigenvalue weighted by atomic mass is 9.80. The zero-order valence-corrected chi connectivity index (χ0v) is 10.2. The van der Waals surface area contributed by atoms with Gasteiger partial charge in [-0.2, -0.15) is 0 Å². The Morgan fingerprint density at radius 2 is 2.06 bits per heavy atom. The molecule has 0 aromatic heterocycles. The van der Waals surface area contributed by atoms with Gasteiger partial charge in [0.2, 0.25) is 0 Å². The van der Waals surface area contributed by atoms with Gasteiger partial charge in [-0.3, -0.25) is 4.90 Å². The van der Waals surface area contributed by atoms with Crippen molar-refractivity contribution in [2.45, 2.75) is 57.6 Å². The van der Waals surface area contributed by atoms with E-state index in [9.17, 15) is 13.9 Å². The molecule has 96 valence electrons. The molecule has 1 N–H and O–H groups in total. The molecule has 1 fully saturated rings. The molecular formula is C12H23F2NO. The van der Waals surface area contributed by atoms with Crippen molar-refractivity contribution in [3.63, 3.8) is 0 Å². The van der Waals surface area contributed by atoms with E-state index >= 15 is 0 Å². The molecule has 0 radical (unpaired) electrons. The van der Waals surface area contributed by atoms with Gasteiger partial charge in [0, 0.05) is 6.04 Å². The van der Waals surface area contributed by atoms with Crippen molar-refractivity contribution in [3.8, 4) is 0 Å². The van der Waals surface area contributed by atoms with Gasteiger partial charge in [-0.15, -0.1) is 0 Å². The van der Waals surface area contributed by atoms with Gasteiger partial charge in [-0.1, -0.05) is 13.3 Å². The molecule has 1 aliphatic rings. The third-order valence-electron chi connectivity index (χ3n) is 3.58. The Morgan fingerprint density at radius 1 is 1.38 bits per heavy atom. The molecule has 0 aromatic rings.